The topological polar surface area (TPSA) is 90.0 Å². The molecule has 1 saturated heterocycles. The van der Waals surface area contributed by atoms with E-state index in [2.05, 4.69) is 0 Å². The van der Waals surface area contributed by atoms with Gasteiger partial charge >= 0.3 is 0 Å². The normalized spacial score (nSPS) is 15.7. The molecule has 1 heterocycles. The third-order valence-corrected chi connectivity index (χ3v) is 6.36. The summed E-state index contributed by atoms with van der Waals surface area (Å²) in [5.74, 6) is -1.04. The summed E-state index contributed by atoms with van der Waals surface area (Å²) in [6.45, 7) is 1.25. The second kappa shape index (κ2) is 8.51. The zero-order valence-corrected chi connectivity index (χ0v) is 15.8. The van der Waals surface area contributed by atoms with Crippen molar-refractivity contribution in [2.24, 2.45) is 0 Å². The first-order chi connectivity index (χ1) is 13.4. The van der Waals surface area contributed by atoms with Gasteiger partial charge in [-0.05, 0) is 35.9 Å². The lowest BCUT2D eigenvalue weighted by atomic mass is 10.2. The number of amides is 1. The molecular weight excluding hydrogens is 385 g/mol. The van der Waals surface area contributed by atoms with E-state index in [0.29, 0.717) is 24.3 Å². The van der Waals surface area contributed by atoms with Gasteiger partial charge in [-0.3, -0.25) is 10.0 Å². The van der Waals surface area contributed by atoms with Gasteiger partial charge in [-0.15, -0.1) is 0 Å². The van der Waals surface area contributed by atoms with Crippen LogP contribution in [0.1, 0.15) is 5.56 Å². The number of para-hydroxylation sites is 1. The number of anilines is 1. The summed E-state index contributed by atoms with van der Waals surface area (Å²) in [6, 6.07) is 12.6. The predicted octanol–water partition coefficient (Wildman–Crippen LogP) is 1.86. The number of carbonyl (C=O) groups excluding carboxylic acids is 1. The molecule has 0 aromatic heterocycles. The average Bonchev–Trinajstić information content (AvgIpc) is 2.72. The minimum Gasteiger partial charge on any atom is -0.367 e. The van der Waals surface area contributed by atoms with Crippen molar-refractivity contribution in [2.75, 3.05) is 31.1 Å². The molecule has 28 heavy (non-hydrogen) atoms. The van der Waals surface area contributed by atoms with Gasteiger partial charge in [0.1, 0.15) is 5.82 Å². The van der Waals surface area contributed by atoms with E-state index >= 15 is 0 Å². The van der Waals surface area contributed by atoms with Gasteiger partial charge in [0.05, 0.1) is 10.6 Å². The van der Waals surface area contributed by atoms with Crippen LogP contribution in [0.4, 0.5) is 10.1 Å². The van der Waals surface area contributed by atoms with Crippen molar-refractivity contribution in [2.45, 2.75) is 4.90 Å². The Hall–Kier alpha value is -2.75. The smallest absolute Gasteiger partial charge is 0.267 e. The van der Waals surface area contributed by atoms with Crippen LogP contribution in [-0.2, 0) is 14.8 Å². The highest BCUT2D eigenvalue weighted by Crippen LogP contribution is 2.23. The third-order valence-electron chi connectivity index (χ3n) is 4.46. The molecule has 3 rings (SSSR count). The summed E-state index contributed by atoms with van der Waals surface area (Å²) < 4.78 is 41.2. The van der Waals surface area contributed by atoms with Crippen LogP contribution >= 0.6 is 0 Å². The molecule has 0 atom stereocenters. The monoisotopic (exact) mass is 405 g/mol. The average molecular weight is 405 g/mol. The number of nitrogens with one attached hydrogen (secondary N) is 1. The van der Waals surface area contributed by atoms with Crippen LogP contribution in [0.3, 0.4) is 0 Å². The van der Waals surface area contributed by atoms with E-state index in [1.54, 1.807) is 30.3 Å². The number of hydrogen-bond acceptors (Lipinski definition) is 5. The molecule has 1 fully saturated rings. The van der Waals surface area contributed by atoms with Gasteiger partial charge in [0, 0.05) is 32.3 Å². The van der Waals surface area contributed by atoms with Crippen LogP contribution in [-0.4, -0.2) is 50.0 Å². The summed E-state index contributed by atoms with van der Waals surface area (Å²) in [5, 5.41) is 8.51. The Kier molecular flexibility index (Phi) is 6.08. The number of halogens is 1. The molecule has 9 heteroatoms. The highest BCUT2D eigenvalue weighted by atomic mass is 32.2. The minimum absolute atomic E-state index is 0.110. The SMILES string of the molecule is O=C(/C=C/c1cccc(S(=O)(=O)N2CCN(c3ccccc3F)CC2)c1)NO. The van der Waals surface area contributed by atoms with Crippen molar-refractivity contribution < 1.29 is 22.8 Å². The number of rotatable bonds is 5. The Balaban J connectivity index is 1.73. The summed E-state index contributed by atoms with van der Waals surface area (Å²) in [5.41, 5.74) is 2.45. The molecular formula is C19H20FN3O4S. The molecule has 7 nitrogen and oxygen atoms in total. The van der Waals surface area contributed by atoms with E-state index in [1.165, 1.54) is 34.1 Å². The maximum Gasteiger partial charge on any atom is 0.267 e. The minimum atomic E-state index is -3.72. The Morgan fingerprint density at radius 2 is 1.79 bits per heavy atom. The van der Waals surface area contributed by atoms with Crippen LogP contribution in [0.25, 0.3) is 6.08 Å². The molecule has 0 spiro atoms. The molecule has 1 amide bonds. The summed E-state index contributed by atoms with van der Waals surface area (Å²) in [6.07, 6.45) is 2.50. The fourth-order valence-electron chi connectivity index (χ4n) is 3.01. The molecule has 0 bridgehead atoms. The van der Waals surface area contributed by atoms with Gasteiger partial charge in [-0.2, -0.15) is 4.31 Å². The highest BCUT2D eigenvalue weighted by Gasteiger charge is 2.29. The Morgan fingerprint density at radius 3 is 2.46 bits per heavy atom. The standard InChI is InChI=1S/C19H20FN3O4S/c20-17-6-1-2-7-18(17)22-10-12-23(13-11-22)28(26,27)16-5-3-4-15(14-16)8-9-19(24)21-25/h1-9,14,25H,10-13H2,(H,21,24)/b9-8+. The number of piperazine rings is 1. The number of benzene rings is 2. The number of hydrogen-bond donors (Lipinski definition) is 2. The van der Waals surface area contributed by atoms with E-state index in [4.69, 9.17) is 5.21 Å². The van der Waals surface area contributed by atoms with E-state index in [0.717, 1.165) is 6.08 Å². The fourth-order valence-corrected chi connectivity index (χ4v) is 4.49. The molecule has 0 radical (unpaired) electrons. The third kappa shape index (κ3) is 4.38. The van der Waals surface area contributed by atoms with Crippen LogP contribution < -0.4 is 10.4 Å². The second-order valence-corrected chi connectivity index (χ2v) is 8.16. The van der Waals surface area contributed by atoms with Crippen LogP contribution in [0, 0.1) is 5.82 Å². The van der Waals surface area contributed by atoms with Gasteiger partial charge < -0.3 is 4.90 Å². The number of carbonyl (C=O) groups is 1. The summed E-state index contributed by atoms with van der Waals surface area (Å²) in [7, 11) is -3.72. The van der Waals surface area contributed by atoms with Crippen molar-refractivity contribution in [1.82, 2.24) is 9.79 Å². The maximum absolute atomic E-state index is 13.9. The molecule has 2 aromatic carbocycles. The number of hydroxylamine groups is 1. The van der Waals surface area contributed by atoms with Gasteiger partial charge in [-0.25, -0.2) is 18.3 Å². The Labute approximate surface area is 162 Å². The van der Waals surface area contributed by atoms with Crippen molar-refractivity contribution in [3.8, 4) is 0 Å². The lowest BCUT2D eigenvalue weighted by molar-refractivity contribution is -0.124. The second-order valence-electron chi connectivity index (χ2n) is 6.22. The Bertz CT molecular complexity index is 986. The summed E-state index contributed by atoms with van der Waals surface area (Å²) >= 11 is 0. The van der Waals surface area contributed by atoms with Crippen molar-refractivity contribution in [1.29, 1.82) is 0 Å². The molecule has 0 aliphatic carbocycles. The molecule has 2 aromatic rings. The first-order valence-electron chi connectivity index (χ1n) is 8.63. The van der Waals surface area contributed by atoms with E-state index in [-0.39, 0.29) is 23.8 Å². The molecule has 1 aliphatic rings. The maximum atomic E-state index is 13.9. The van der Waals surface area contributed by atoms with Crippen LogP contribution in [0.15, 0.2) is 59.5 Å². The van der Waals surface area contributed by atoms with Crippen LogP contribution in [0.5, 0.6) is 0 Å². The van der Waals surface area contributed by atoms with Gasteiger partial charge in [0.15, 0.2) is 0 Å². The Morgan fingerprint density at radius 1 is 1.07 bits per heavy atom. The van der Waals surface area contributed by atoms with E-state index in [9.17, 15) is 17.6 Å². The zero-order valence-electron chi connectivity index (χ0n) is 15.0. The van der Waals surface area contributed by atoms with E-state index in [1.807, 2.05) is 4.90 Å². The van der Waals surface area contributed by atoms with Gasteiger partial charge in [0.2, 0.25) is 10.0 Å². The zero-order chi connectivity index (χ0) is 20.1. The van der Waals surface area contributed by atoms with Crippen LogP contribution in [0.2, 0.25) is 0 Å². The fraction of sp³-hybridized carbons (Fsp3) is 0.211. The largest absolute Gasteiger partial charge is 0.367 e. The lowest BCUT2D eigenvalue weighted by Crippen LogP contribution is -2.48. The first kappa shape index (κ1) is 20.0. The lowest BCUT2D eigenvalue weighted by Gasteiger charge is -2.35. The first-order valence-corrected chi connectivity index (χ1v) is 10.1. The highest BCUT2D eigenvalue weighted by molar-refractivity contribution is 7.89. The molecule has 0 unspecified atom stereocenters. The van der Waals surface area contributed by atoms with E-state index < -0.39 is 15.9 Å². The molecule has 148 valence electrons. The van der Waals surface area contributed by atoms with Crippen molar-refractivity contribution in [3.63, 3.8) is 0 Å². The number of nitrogens with zero attached hydrogens (tertiary/aromatic N) is 2. The van der Waals surface area contributed by atoms with Crippen molar-refractivity contribution in [3.05, 3.63) is 66.0 Å². The molecule has 1 aliphatic heterocycles. The summed E-state index contributed by atoms with van der Waals surface area (Å²) in [4.78, 5) is 13.0. The predicted molar refractivity (Wildman–Crippen MR) is 103 cm³/mol. The number of sulfonamides is 1. The van der Waals surface area contributed by atoms with Gasteiger partial charge in [-0.1, -0.05) is 24.3 Å². The molecule has 2 N–H and O–H groups in total. The van der Waals surface area contributed by atoms with Crippen molar-refractivity contribution >= 4 is 27.7 Å². The quantitative estimate of drug-likeness (QED) is 0.450. The van der Waals surface area contributed by atoms with Gasteiger partial charge in [0.25, 0.3) is 5.91 Å². The molecule has 0 saturated carbocycles.